The number of benzene rings is 3. The van der Waals surface area contributed by atoms with Crippen LogP contribution in [0.3, 0.4) is 0 Å². The van der Waals surface area contributed by atoms with E-state index in [-0.39, 0.29) is 25.3 Å². The second-order valence-corrected chi connectivity index (χ2v) is 8.28. The standard InChI is InChI=1S/C24H15FN2O5S/c25-15-3-1-2-14(8-15)9-22-23(28)27(17-5-7-19-21(11-17)32-13-30-19)24(33-22)26-16-4-6-18-20(10-16)31-12-29-18/h1-11H,12-13H2/b22-9-,26-24?. The van der Waals surface area contributed by atoms with Crippen LogP contribution in [0.15, 0.2) is 70.6 Å². The third-order valence-electron chi connectivity index (χ3n) is 5.15. The van der Waals surface area contributed by atoms with Crippen LogP contribution in [0.1, 0.15) is 5.56 Å². The Labute approximate surface area is 192 Å². The van der Waals surface area contributed by atoms with Gasteiger partial charge in [-0.05, 0) is 59.8 Å². The highest BCUT2D eigenvalue weighted by Gasteiger charge is 2.35. The molecule has 0 N–H and O–H groups in total. The van der Waals surface area contributed by atoms with Gasteiger partial charge < -0.3 is 18.9 Å². The molecule has 0 atom stereocenters. The zero-order valence-corrected chi connectivity index (χ0v) is 17.8. The summed E-state index contributed by atoms with van der Waals surface area (Å²) in [6.07, 6.45) is 1.65. The van der Waals surface area contributed by atoms with E-state index in [4.69, 9.17) is 23.9 Å². The summed E-state index contributed by atoms with van der Waals surface area (Å²) >= 11 is 1.20. The van der Waals surface area contributed by atoms with Crippen molar-refractivity contribution in [3.8, 4) is 23.0 Å². The molecule has 3 aliphatic rings. The van der Waals surface area contributed by atoms with Gasteiger partial charge in [0.2, 0.25) is 13.6 Å². The van der Waals surface area contributed by atoms with Crippen LogP contribution in [0.5, 0.6) is 23.0 Å². The summed E-state index contributed by atoms with van der Waals surface area (Å²) in [4.78, 5) is 20.1. The molecule has 0 spiro atoms. The molecule has 3 aromatic rings. The molecule has 3 aromatic carbocycles. The molecule has 1 amide bonds. The lowest BCUT2D eigenvalue weighted by atomic mass is 10.2. The summed E-state index contributed by atoms with van der Waals surface area (Å²) in [7, 11) is 0. The molecule has 6 rings (SSSR count). The maximum atomic E-state index is 13.7. The van der Waals surface area contributed by atoms with Crippen molar-refractivity contribution in [3.05, 3.63) is 76.9 Å². The number of hydrogen-bond acceptors (Lipinski definition) is 7. The van der Waals surface area contributed by atoms with Gasteiger partial charge in [0.05, 0.1) is 16.3 Å². The zero-order valence-electron chi connectivity index (χ0n) is 17.0. The summed E-state index contributed by atoms with van der Waals surface area (Å²) in [5.74, 6) is 1.76. The highest BCUT2D eigenvalue weighted by Crippen LogP contribution is 2.42. The molecular weight excluding hydrogens is 447 g/mol. The summed E-state index contributed by atoms with van der Waals surface area (Å²) in [6.45, 7) is 0.288. The van der Waals surface area contributed by atoms with Crippen molar-refractivity contribution in [2.75, 3.05) is 18.5 Å². The Morgan fingerprint density at radius 2 is 1.61 bits per heavy atom. The van der Waals surface area contributed by atoms with E-state index in [2.05, 4.69) is 0 Å². The minimum atomic E-state index is -0.373. The molecule has 0 radical (unpaired) electrons. The van der Waals surface area contributed by atoms with Crippen LogP contribution in [0, 0.1) is 5.82 Å². The first-order valence-corrected chi connectivity index (χ1v) is 10.8. The maximum Gasteiger partial charge on any atom is 0.271 e. The fourth-order valence-corrected chi connectivity index (χ4v) is 4.61. The Kier molecular flexibility index (Phi) is 4.69. The van der Waals surface area contributed by atoms with E-state index < -0.39 is 0 Å². The number of carbonyl (C=O) groups excluding carboxylic acids is 1. The molecule has 3 aliphatic heterocycles. The van der Waals surface area contributed by atoms with Crippen molar-refractivity contribution in [1.82, 2.24) is 0 Å². The van der Waals surface area contributed by atoms with Crippen LogP contribution in [0.2, 0.25) is 0 Å². The number of thioether (sulfide) groups is 1. The van der Waals surface area contributed by atoms with E-state index in [1.54, 1.807) is 54.6 Å². The van der Waals surface area contributed by atoms with E-state index >= 15 is 0 Å². The molecule has 0 unspecified atom stereocenters. The molecule has 164 valence electrons. The first-order chi connectivity index (χ1) is 16.1. The van der Waals surface area contributed by atoms with Crippen LogP contribution in [-0.2, 0) is 4.79 Å². The lowest BCUT2D eigenvalue weighted by Gasteiger charge is -2.16. The van der Waals surface area contributed by atoms with Gasteiger partial charge in [0, 0.05) is 12.1 Å². The van der Waals surface area contributed by atoms with Gasteiger partial charge in [-0.2, -0.15) is 0 Å². The lowest BCUT2D eigenvalue weighted by Crippen LogP contribution is -2.28. The topological polar surface area (TPSA) is 69.6 Å². The number of amides is 1. The van der Waals surface area contributed by atoms with Crippen LogP contribution in [0.4, 0.5) is 15.8 Å². The van der Waals surface area contributed by atoms with Crippen LogP contribution in [-0.4, -0.2) is 24.7 Å². The van der Waals surface area contributed by atoms with Crippen molar-refractivity contribution in [1.29, 1.82) is 0 Å². The van der Waals surface area contributed by atoms with Gasteiger partial charge in [0.25, 0.3) is 5.91 Å². The fourth-order valence-electron chi connectivity index (χ4n) is 3.61. The summed E-state index contributed by atoms with van der Waals surface area (Å²) in [6, 6.07) is 16.7. The number of halogens is 1. The van der Waals surface area contributed by atoms with E-state index in [9.17, 15) is 9.18 Å². The smallest absolute Gasteiger partial charge is 0.271 e. The van der Waals surface area contributed by atoms with Crippen molar-refractivity contribution >= 4 is 40.3 Å². The number of carbonyl (C=O) groups is 1. The van der Waals surface area contributed by atoms with Crippen LogP contribution in [0.25, 0.3) is 6.08 Å². The predicted octanol–water partition coefficient (Wildman–Crippen LogP) is 5.09. The zero-order chi connectivity index (χ0) is 22.4. The number of fused-ring (bicyclic) bond motifs is 2. The van der Waals surface area contributed by atoms with Gasteiger partial charge in [0.15, 0.2) is 28.2 Å². The number of amidine groups is 1. The minimum Gasteiger partial charge on any atom is -0.454 e. The molecule has 9 heteroatoms. The van der Waals surface area contributed by atoms with Crippen molar-refractivity contribution in [3.63, 3.8) is 0 Å². The third-order valence-corrected chi connectivity index (χ3v) is 6.12. The number of nitrogens with zero attached hydrogens (tertiary/aromatic N) is 2. The molecule has 0 aliphatic carbocycles. The Hall–Kier alpha value is -3.98. The SMILES string of the molecule is O=C1/C(=C/c2cccc(F)c2)SC(=Nc2ccc3c(c2)OCO3)N1c1ccc2c(c1)OCO2. The summed E-state index contributed by atoms with van der Waals surface area (Å²) in [5, 5.41) is 0.445. The van der Waals surface area contributed by atoms with Crippen LogP contribution >= 0.6 is 11.8 Å². The Bertz CT molecular complexity index is 1360. The van der Waals surface area contributed by atoms with E-state index in [0.717, 1.165) is 0 Å². The van der Waals surface area contributed by atoms with E-state index in [0.29, 0.717) is 50.0 Å². The average Bonchev–Trinajstić information content (AvgIpc) is 3.53. The summed E-state index contributed by atoms with van der Waals surface area (Å²) < 4.78 is 35.3. The second kappa shape index (κ2) is 7.86. The molecule has 0 saturated carbocycles. The van der Waals surface area contributed by atoms with Gasteiger partial charge >= 0.3 is 0 Å². The van der Waals surface area contributed by atoms with Gasteiger partial charge in [-0.15, -0.1) is 0 Å². The van der Waals surface area contributed by atoms with Gasteiger partial charge in [-0.3, -0.25) is 9.69 Å². The quantitative estimate of drug-likeness (QED) is 0.505. The predicted molar refractivity (Wildman–Crippen MR) is 122 cm³/mol. The highest BCUT2D eigenvalue weighted by atomic mass is 32.2. The molecule has 0 bridgehead atoms. The maximum absolute atomic E-state index is 13.7. The lowest BCUT2D eigenvalue weighted by molar-refractivity contribution is -0.113. The molecule has 1 fully saturated rings. The van der Waals surface area contributed by atoms with Crippen molar-refractivity contribution < 1.29 is 28.1 Å². The number of rotatable bonds is 3. The first-order valence-electron chi connectivity index (χ1n) is 10.0. The van der Waals surface area contributed by atoms with Gasteiger partial charge in [-0.25, -0.2) is 9.38 Å². The van der Waals surface area contributed by atoms with Gasteiger partial charge in [-0.1, -0.05) is 12.1 Å². The Balaban J connectivity index is 1.43. The third kappa shape index (κ3) is 3.66. The van der Waals surface area contributed by atoms with E-state index in [1.807, 2.05) is 0 Å². The molecule has 33 heavy (non-hydrogen) atoms. The number of ether oxygens (including phenoxy) is 4. The number of hydrogen-bond donors (Lipinski definition) is 0. The molecule has 3 heterocycles. The van der Waals surface area contributed by atoms with E-state index in [1.165, 1.54) is 28.8 Å². The number of anilines is 1. The minimum absolute atomic E-state index is 0.129. The summed E-state index contributed by atoms with van der Waals surface area (Å²) in [5.41, 5.74) is 1.77. The molecular formula is C24H15FN2O5S. The average molecular weight is 462 g/mol. The monoisotopic (exact) mass is 462 g/mol. The fraction of sp³-hybridized carbons (Fsp3) is 0.0833. The molecule has 1 saturated heterocycles. The van der Waals surface area contributed by atoms with Crippen LogP contribution < -0.4 is 23.8 Å². The normalized spacial score (nSPS) is 18.6. The Morgan fingerprint density at radius 3 is 2.39 bits per heavy atom. The first kappa shape index (κ1) is 19.7. The molecule has 7 nitrogen and oxygen atoms in total. The highest BCUT2D eigenvalue weighted by molar-refractivity contribution is 8.19. The largest absolute Gasteiger partial charge is 0.454 e. The van der Waals surface area contributed by atoms with Crippen molar-refractivity contribution in [2.24, 2.45) is 4.99 Å². The van der Waals surface area contributed by atoms with Gasteiger partial charge in [0.1, 0.15) is 5.82 Å². The second-order valence-electron chi connectivity index (χ2n) is 7.28. The van der Waals surface area contributed by atoms with Crippen molar-refractivity contribution in [2.45, 2.75) is 0 Å². The molecule has 0 aromatic heterocycles. The Morgan fingerprint density at radius 1 is 0.879 bits per heavy atom. The number of aliphatic imine (C=N–C) groups is 1.